The Morgan fingerprint density at radius 3 is 2.74 bits per heavy atom. The molecule has 19 heavy (non-hydrogen) atoms. The van der Waals surface area contributed by atoms with E-state index in [1.165, 1.54) is 6.07 Å². The lowest BCUT2D eigenvalue weighted by molar-refractivity contribution is -0.116. The number of amides is 1. The Hall–Kier alpha value is -1.58. The topological polar surface area (TPSA) is 41.1 Å². The van der Waals surface area contributed by atoms with Crippen molar-refractivity contribution in [3.63, 3.8) is 0 Å². The van der Waals surface area contributed by atoms with Crippen molar-refractivity contribution in [3.8, 4) is 0 Å². The van der Waals surface area contributed by atoms with Crippen LogP contribution < -0.4 is 10.6 Å². The summed E-state index contributed by atoms with van der Waals surface area (Å²) < 4.78 is 13.9. The lowest BCUT2D eigenvalue weighted by Gasteiger charge is -2.21. The predicted molar refractivity (Wildman–Crippen MR) is 75.9 cm³/mol. The van der Waals surface area contributed by atoms with Crippen LogP contribution in [0.2, 0.25) is 0 Å². The molecular formula is C15H21FN2O. The molecule has 0 aromatic heterocycles. The van der Waals surface area contributed by atoms with Crippen LogP contribution in [-0.4, -0.2) is 12.5 Å². The van der Waals surface area contributed by atoms with Gasteiger partial charge in [0.25, 0.3) is 0 Å². The van der Waals surface area contributed by atoms with Gasteiger partial charge in [0.1, 0.15) is 5.82 Å². The molecule has 2 rings (SSSR count). The molecule has 1 aromatic carbocycles. The van der Waals surface area contributed by atoms with Gasteiger partial charge < -0.3 is 10.6 Å². The third kappa shape index (κ3) is 3.69. The molecule has 0 spiro atoms. The van der Waals surface area contributed by atoms with Crippen molar-refractivity contribution in [2.75, 3.05) is 17.2 Å². The molecule has 0 aliphatic carbocycles. The second-order valence-electron chi connectivity index (χ2n) is 6.27. The Kier molecular flexibility index (Phi) is 3.78. The first-order valence-corrected chi connectivity index (χ1v) is 6.71. The third-order valence-electron chi connectivity index (χ3n) is 3.28. The van der Waals surface area contributed by atoms with Gasteiger partial charge in [-0.15, -0.1) is 0 Å². The molecule has 0 bridgehead atoms. The van der Waals surface area contributed by atoms with Gasteiger partial charge in [-0.25, -0.2) is 4.39 Å². The highest BCUT2D eigenvalue weighted by Crippen LogP contribution is 2.29. The second-order valence-corrected chi connectivity index (χ2v) is 6.27. The van der Waals surface area contributed by atoms with Gasteiger partial charge in [0, 0.05) is 18.7 Å². The van der Waals surface area contributed by atoms with Gasteiger partial charge in [-0.1, -0.05) is 20.8 Å². The van der Waals surface area contributed by atoms with E-state index in [9.17, 15) is 9.18 Å². The Morgan fingerprint density at radius 2 is 2.05 bits per heavy atom. The van der Waals surface area contributed by atoms with Crippen molar-refractivity contribution in [2.24, 2.45) is 5.41 Å². The molecule has 4 heteroatoms. The molecular weight excluding hydrogens is 243 g/mol. The normalized spacial score (nSPS) is 14.8. The van der Waals surface area contributed by atoms with E-state index in [0.29, 0.717) is 25.1 Å². The molecule has 1 heterocycles. The summed E-state index contributed by atoms with van der Waals surface area (Å²) in [6, 6.07) is 3.22. The number of hydrogen-bond donors (Lipinski definition) is 2. The van der Waals surface area contributed by atoms with Crippen LogP contribution in [0.15, 0.2) is 12.1 Å². The first-order chi connectivity index (χ1) is 8.85. The summed E-state index contributed by atoms with van der Waals surface area (Å²) in [5.41, 5.74) is 2.28. The highest BCUT2D eigenvalue weighted by atomic mass is 19.1. The maximum atomic E-state index is 13.9. The number of aryl methyl sites for hydroxylation is 1. The van der Waals surface area contributed by atoms with Crippen molar-refractivity contribution in [1.82, 2.24) is 0 Å². The van der Waals surface area contributed by atoms with Crippen molar-refractivity contribution in [2.45, 2.75) is 40.0 Å². The van der Waals surface area contributed by atoms with Crippen LogP contribution >= 0.6 is 0 Å². The SMILES string of the molecule is CC(C)(C)CCNc1cc2c(cc1F)CCC(=O)N2. The molecule has 0 unspecified atom stereocenters. The molecule has 104 valence electrons. The van der Waals surface area contributed by atoms with E-state index in [0.717, 1.165) is 17.7 Å². The zero-order chi connectivity index (χ0) is 14.0. The number of anilines is 2. The van der Waals surface area contributed by atoms with Gasteiger partial charge >= 0.3 is 0 Å². The lowest BCUT2D eigenvalue weighted by atomic mass is 9.92. The lowest BCUT2D eigenvalue weighted by Crippen LogP contribution is -2.20. The molecule has 3 nitrogen and oxygen atoms in total. The minimum Gasteiger partial charge on any atom is -0.383 e. The van der Waals surface area contributed by atoms with E-state index in [2.05, 4.69) is 31.4 Å². The van der Waals surface area contributed by atoms with Crippen LogP contribution in [0.3, 0.4) is 0 Å². The molecule has 0 radical (unpaired) electrons. The maximum Gasteiger partial charge on any atom is 0.224 e. The van der Waals surface area contributed by atoms with Gasteiger partial charge in [-0.3, -0.25) is 4.79 Å². The van der Waals surface area contributed by atoms with Crippen LogP contribution in [0.1, 0.15) is 39.2 Å². The minimum absolute atomic E-state index is 0.000232. The fourth-order valence-electron chi connectivity index (χ4n) is 2.11. The van der Waals surface area contributed by atoms with Crippen LogP contribution in [-0.2, 0) is 11.2 Å². The van der Waals surface area contributed by atoms with Crippen LogP contribution in [0.5, 0.6) is 0 Å². The molecule has 0 atom stereocenters. The zero-order valence-electron chi connectivity index (χ0n) is 11.8. The van der Waals surface area contributed by atoms with Gasteiger partial charge in [0.2, 0.25) is 5.91 Å². The van der Waals surface area contributed by atoms with E-state index < -0.39 is 0 Å². The molecule has 1 amide bonds. The smallest absolute Gasteiger partial charge is 0.224 e. The van der Waals surface area contributed by atoms with Crippen molar-refractivity contribution >= 4 is 17.3 Å². The zero-order valence-corrected chi connectivity index (χ0v) is 11.8. The van der Waals surface area contributed by atoms with E-state index in [1.54, 1.807) is 6.07 Å². The summed E-state index contributed by atoms with van der Waals surface area (Å²) in [7, 11) is 0. The Bertz CT molecular complexity index is 492. The highest BCUT2D eigenvalue weighted by Gasteiger charge is 2.17. The number of fused-ring (bicyclic) bond motifs is 1. The Labute approximate surface area is 113 Å². The molecule has 0 fully saturated rings. The van der Waals surface area contributed by atoms with Gasteiger partial charge in [-0.05, 0) is 36.0 Å². The third-order valence-corrected chi connectivity index (χ3v) is 3.28. The fourth-order valence-corrected chi connectivity index (χ4v) is 2.11. The van der Waals surface area contributed by atoms with Gasteiger partial charge in [0.05, 0.1) is 5.69 Å². The van der Waals surface area contributed by atoms with Crippen molar-refractivity contribution < 1.29 is 9.18 Å². The summed E-state index contributed by atoms with van der Waals surface area (Å²) in [6.45, 7) is 7.17. The largest absolute Gasteiger partial charge is 0.383 e. The number of halogens is 1. The number of hydrogen-bond acceptors (Lipinski definition) is 2. The van der Waals surface area contributed by atoms with E-state index in [-0.39, 0.29) is 17.1 Å². The number of benzene rings is 1. The molecule has 1 aromatic rings. The quantitative estimate of drug-likeness (QED) is 0.876. The average molecular weight is 264 g/mol. The van der Waals surface area contributed by atoms with Crippen LogP contribution in [0, 0.1) is 11.2 Å². The second kappa shape index (κ2) is 5.19. The Balaban J connectivity index is 2.09. The average Bonchev–Trinajstić information content (AvgIpc) is 2.29. The summed E-state index contributed by atoms with van der Waals surface area (Å²) in [4.78, 5) is 11.3. The van der Waals surface area contributed by atoms with Crippen LogP contribution in [0.25, 0.3) is 0 Å². The standard InChI is InChI=1S/C15H21FN2O/c1-15(2,3)6-7-17-13-9-12-10(8-11(13)16)4-5-14(19)18-12/h8-9,17H,4-7H2,1-3H3,(H,18,19). The molecule has 1 aliphatic heterocycles. The van der Waals surface area contributed by atoms with Crippen LogP contribution in [0.4, 0.5) is 15.8 Å². The first-order valence-electron chi connectivity index (χ1n) is 6.71. The van der Waals surface area contributed by atoms with Crippen molar-refractivity contribution in [3.05, 3.63) is 23.5 Å². The highest BCUT2D eigenvalue weighted by molar-refractivity contribution is 5.94. The molecule has 0 saturated carbocycles. The fraction of sp³-hybridized carbons (Fsp3) is 0.533. The number of rotatable bonds is 3. The van der Waals surface area contributed by atoms with E-state index in [4.69, 9.17) is 0 Å². The summed E-state index contributed by atoms with van der Waals surface area (Å²) in [5, 5.41) is 5.90. The minimum atomic E-state index is -0.246. The summed E-state index contributed by atoms with van der Waals surface area (Å²) in [6.07, 6.45) is 2.00. The van der Waals surface area contributed by atoms with Gasteiger partial charge in [-0.2, -0.15) is 0 Å². The van der Waals surface area contributed by atoms with Crippen molar-refractivity contribution in [1.29, 1.82) is 0 Å². The maximum absolute atomic E-state index is 13.9. The number of carbonyl (C=O) groups excluding carboxylic acids is 1. The monoisotopic (exact) mass is 264 g/mol. The summed E-state index contributed by atoms with van der Waals surface area (Å²) in [5.74, 6) is -0.247. The predicted octanol–water partition coefficient (Wildman–Crippen LogP) is 3.56. The molecule has 2 N–H and O–H groups in total. The van der Waals surface area contributed by atoms with E-state index in [1.807, 2.05) is 0 Å². The molecule has 1 aliphatic rings. The Morgan fingerprint density at radius 1 is 1.32 bits per heavy atom. The van der Waals surface area contributed by atoms with Gasteiger partial charge in [0.15, 0.2) is 0 Å². The number of nitrogens with one attached hydrogen (secondary N) is 2. The molecule has 0 saturated heterocycles. The van der Waals surface area contributed by atoms with E-state index >= 15 is 0 Å². The first kappa shape index (κ1) is 13.8. The number of carbonyl (C=O) groups is 1. The summed E-state index contributed by atoms with van der Waals surface area (Å²) >= 11 is 0.